The van der Waals surface area contributed by atoms with Crippen molar-refractivity contribution in [1.82, 2.24) is 10.2 Å². The Labute approximate surface area is 124 Å². The quantitative estimate of drug-likeness (QED) is 0.772. The zero-order valence-corrected chi connectivity index (χ0v) is 12.4. The fraction of sp³-hybridized carbons (Fsp3) is 0.400. The number of aliphatic imine (C=N–C) groups is 1. The van der Waals surface area contributed by atoms with E-state index in [-0.39, 0.29) is 5.82 Å². The average molecular weight is 291 g/mol. The van der Waals surface area contributed by atoms with Crippen molar-refractivity contribution in [2.45, 2.75) is 18.5 Å². The smallest absolute Gasteiger partial charge is 0.202 e. The molecule has 0 amide bonds. The van der Waals surface area contributed by atoms with Crippen LogP contribution in [-0.4, -0.2) is 37.2 Å². The van der Waals surface area contributed by atoms with Crippen LogP contribution >= 0.6 is 0 Å². The first-order valence-electron chi connectivity index (χ1n) is 6.97. The van der Waals surface area contributed by atoms with E-state index in [4.69, 9.17) is 5.73 Å². The van der Waals surface area contributed by atoms with Crippen LogP contribution in [0, 0.1) is 5.82 Å². The lowest BCUT2D eigenvalue weighted by molar-refractivity contribution is 0.367. The Balaban J connectivity index is 2.00. The molecule has 0 saturated heterocycles. The van der Waals surface area contributed by atoms with Gasteiger partial charge in [0.1, 0.15) is 11.5 Å². The fourth-order valence-electron chi connectivity index (χ4n) is 2.13. The van der Waals surface area contributed by atoms with Crippen LogP contribution in [-0.2, 0) is 0 Å². The molecule has 4 N–H and O–H groups in total. The minimum Gasteiger partial charge on any atom is -0.333 e. The maximum atomic E-state index is 13.2. The van der Waals surface area contributed by atoms with E-state index in [1.54, 1.807) is 18.3 Å². The van der Waals surface area contributed by atoms with E-state index >= 15 is 0 Å². The predicted octanol–water partition coefficient (Wildman–Crippen LogP) is 1.71. The molecule has 0 aliphatic carbocycles. The van der Waals surface area contributed by atoms with Crippen LogP contribution in [0.3, 0.4) is 0 Å². The van der Waals surface area contributed by atoms with Gasteiger partial charge in [-0.15, -0.1) is 0 Å². The van der Waals surface area contributed by atoms with E-state index in [9.17, 15) is 4.39 Å². The predicted molar refractivity (Wildman–Crippen MR) is 84.4 cm³/mol. The summed E-state index contributed by atoms with van der Waals surface area (Å²) in [5.41, 5.74) is 6.18. The third-order valence-corrected chi connectivity index (χ3v) is 3.18. The van der Waals surface area contributed by atoms with Gasteiger partial charge >= 0.3 is 0 Å². The van der Waals surface area contributed by atoms with Gasteiger partial charge in [0.15, 0.2) is 0 Å². The molecule has 1 aromatic carbocycles. The normalized spacial score (nSPS) is 21.1. The Morgan fingerprint density at radius 1 is 1.43 bits per heavy atom. The summed E-state index contributed by atoms with van der Waals surface area (Å²) in [5, 5.41) is 6.02. The molecule has 6 heteroatoms. The lowest BCUT2D eigenvalue weighted by Crippen LogP contribution is -2.44. The van der Waals surface area contributed by atoms with Crippen molar-refractivity contribution in [2.24, 2.45) is 10.7 Å². The molecular formula is C15H22FN5. The van der Waals surface area contributed by atoms with Gasteiger partial charge in [-0.25, -0.2) is 9.38 Å². The van der Waals surface area contributed by atoms with Crippen LogP contribution in [0.1, 0.15) is 12.8 Å². The number of anilines is 1. The number of halogens is 1. The first kappa shape index (κ1) is 15.5. The van der Waals surface area contributed by atoms with Gasteiger partial charge in [-0.3, -0.25) is 0 Å². The second-order valence-electron chi connectivity index (χ2n) is 5.47. The maximum absolute atomic E-state index is 13.2. The summed E-state index contributed by atoms with van der Waals surface area (Å²) in [4.78, 5) is 6.59. The fourth-order valence-corrected chi connectivity index (χ4v) is 2.13. The summed E-state index contributed by atoms with van der Waals surface area (Å²) in [6.45, 7) is 0.961. The zero-order chi connectivity index (χ0) is 15.3. The molecule has 5 nitrogen and oxygen atoms in total. The monoisotopic (exact) mass is 291 g/mol. The second-order valence-corrected chi connectivity index (χ2v) is 5.47. The maximum Gasteiger partial charge on any atom is 0.202 e. The Kier molecular flexibility index (Phi) is 4.93. The highest BCUT2D eigenvalue weighted by Crippen LogP contribution is 2.17. The summed E-state index contributed by atoms with van der Waals surface area (Å²) in [7, 11) is 4.06. The summed E-state index contributed by atoms with van der Waals surface area (Å²) >= 11 is 0. The highest BCUT2D eigenvalue weighted by molar-refractivity contribution is 5.95. The topological polar surface area (TPSA) is 65.7 Å². The summed E-state index contributed by atoms with van der Waals surface area (Å²) in [6.07, 6.45) is 5.31. The van der Waals surface area contributed by atoms with Crippen LogP contribution in [0.5, 0.6) is 0 Å². The highest BCUT2D eigenvalue weighted by Gasteiger charge is 2.23. The van der Waals surface area contributed by atoms with Gasteiger partial charge < -0.3 is 21.3 Å². The minimum absolute atomic E-state index is 0.294. The van der Waals surface area contributed by atoms with Crippen molar-refractivity contribution < 1.29 is 4.39 Å². The molecule has 21 heavy (non-hydrogen) atoms. The van der Waals surface area contributed by atoms with Crippen molar-refractivity contribution in [3.63, 3.8) is 0 Å². The molecule has 114 valence electrons. The molecule has 0 spiro atoms. The van der Waals surface area contributed by atoms with Crippen LogP contribution in [0.15, 0.2) is 41.5 Å². The number of nitrogens with two attached hydrogens (primary N) is 1. The number of hydrogen-bond donors (Lipinski definition) is 3. The van der Waals surface area contributed by atoms with Crippen molar-refractivity contribution in [1.29, 1.82) is 0 Å². The van der Waals surface area contributed by atoms with Crippen LogP contribution in [0.2, 0.25) is 0 Å². The highest BCUT2D eigenvalue weighted by atomic mass is 19.1. The molecule has 1 heterocycles. The van der Waals surface area contributed by atoms with E-state index in [1.807, 2.05) is 20.2 Å². The number of nitrogens with one attached hydrogen (secondary N) is 2. The summed E-state index contributed by atoms with van der Waals surface area (Å²) < 4.78 is 13.2. The average Bonchev–Trinajstić information content (AvgIpc) is 2.38. The number of nitrogens with zero attached hydrogens (tertiary/aromatic N) is 2. The third kappa shape index (κ3) is 4.84. The molecule has 1 unspecified atom stereocenters. The van der Waals surface area contributed by atoms with Crippen molar-refractivity contribution >= 4 is 11.6 Å². The molecule has 0 bridgehead atoms. The Morgan fingerprint density at radius 3 is 2.95 bits per heavy atom. The zero-order valence-electron chi connectivity index (χ0n) is 12.4. The molecule has 2 rings (SSSR count). The van der Waals surface area contributed by atoms with Crippen LogP contribution in [0.25, 0.3) is 0 Å². The van der Waals surface area contributed by atoms with Crippen molar-refractivity contribution in [2.75, 3.05) is 26.0 Å². The molecule has 1 aliphatic rings. The number of benzene rings is 1. The number of rotatable bonds is 5. The van der Waals surface area contributed by atoms with Gasteiger partial charge in [0.2, 0.25) is 5.96 Å². The Hall–Kier alpha value is -1.92. The second kappa shape index (κ2) is 6.69. The molecule has 1 aromatic rings. The number of hydrogen-bond acceptors (Lipinski definition) is 5. The first-order chi connectivity index (χ1) is 9.97. The number of guanidine groups is 1. The van der Waals surface area contributed by atoms with E-state index < -0.39 is 5.66 Å². The molecule has 0 aromatic heterocycles. The molecule has 1 atom stereocenters. The molecule has 0 saturated carbocycles. The Bertz CT molecular complexity index is 541. The van der Waals surface area contributed by atoms with Gasteiger partial charge in [0, 0.05) is 11.9 Å². The molecule has 1 aliphatic heterocycles. The van der Waals surface area contributed by atoms with E-state index in [0.717, 1.165) is 19.4 Å². The first-order valence-corrected chi connectivity index (χ1v) is 6.97. The molecular weight excluding hydrogens is 269 g/mol. The standard InChI is InChI=1S/C15H22FN5/c1-21(2)10-4-7-15(17)8-9-18-14(20-15)19-13-6-3-5-12(16)11-13/h3,5-6,8-9,11H,4,7,10,17H2,1-2H3,(H2,18,19,20). The summed E-state index contributed by atoms with van der Waals surface area (Å²) in [6, 6.07) is 6.22. The largest absolute Gasteiger partial charge is 0.333 e. The van der Waals surface area contributed by atoms with Crippen molar-refractivity contribution in [3.8, 4) is 0 Å². The van der Waals surface area contributed by atoms with Gasteiger partial charge in [-0.05, 0) is 57.8 Å². The van der Waals surface area contributed by atoms with Gasteiger partial charge in [0.25, 0.3) is 0 Å². The van der Waals surface area contributed by atoms with Crippen LogP contribution in [0.4, 0.5) is 10.1 Å². The Morgan fingerprint density at radius 2 is 2.24 bits per heavy atom. The van der Waals surface area contributed by atoms with Crippen molar-refractivity contribution in [3.05, 3.63) is 42.4 Å². The molecule has 0 radical (unpaired) electrons. The van der Waals surface area contributed by atoms with Gasteiger partial charge in [0.05, 0.1) is 0 Å². The third-order valence-electron chi connectivity index (χ3n) is 3.18. The lowest BCUT2D eigenvalue weighted by atomic mass is 10.0. The van der Waals surface area contributed by atoms with Crippen LogP contribution < -0.4 is 16.4 Å². The van der Waals surface area contributed by atoms with E-state index in [1.165, 1.54) is 12.1 Å². The molecule has 0 fully saturated rings. The minimum atomic E-state index is -0.725. The van der Waals surface area contributed by atoms with Gasteiger partial charge in [-0.1, -0.05) is 6.07 Å². The SMILES string of the molecule is CN(C)CCCC1(N)C=CNC(Nc2cccc(F)c2)=N1. The van der Waals surface area contributed by atoms with Gasteiger partial charge in [-0.2, -0.15) is 0 Å². The van der Waals surface area contributed by atoms with E-state index in [2.05, 4.69) is 20.5 Å². The summed E-state index contributed by atoms with van der Waals surface area (Å²) in [5.74, 6) is 0.229. The van der Waals surface area contributed by atoms with E-state index in [0.29, 0.717) is 11.6 Å². The lowest BCUT2D eigenvalue weighted by Gasteiger charge is -2.27.